The molecule has 1 saturated carbocycles. The van der Waals surface area contributed by atoms with Crippen molar-refractivity contribution in [1.29, 1.82) is 0 Å². The van der Waals surface area contributed by atoms with Crippen LogP contribution in [0.2, 0.25) is 0 Å². The summed E-state index contributed by atoms with van der Waals surface area (Å²) in [4.78, 5) is 67.4. The summed E-state index contributed by atoms with van der Waals surface area (Å²) in [6.07, 6.45) is 8.17. The number of aryl methyl sites for hydroxylation is 1. The summed E-state index contributed by atoms with van der Waals surface area (Å²) < 4.78 is 9.57. The van der Waals surface area contributed by atoms with E-state index in [9.17, 15) is 24.3 Å². The SMILES string of the molecule is Cc1c(OC2CCC(CC[C@@H](C)N3CCN(c4ccc5c(C6CCC(=O)NC6=O)nn(C)c5c4)CC3)CC2)cccc1-c1ccc(N2CCc3cccc(C(=O)Nc4nc5ccccc5s4)c3C2)nc1C(=O)O. The third-order valence-electron chi connectivity index (χ3n) is 15.8. The number of fused-ring (bicyclic) bond motifs is 3. The lowest BCUT2D eigenvalue weighted by Gasteiger charge is -2.39. The smallest absolute Gasteiger partial charge is 0.355 e. The molecule has 4 aliphatic rings. The molecule has 0 bridgehead atoms. The van der Waals surface area contributed by atoms with Crippen LogP contribution >= 0.6 is 11.3 Å². The second kappa shape index (κ2) is 20.4. The number of carbonyl (C=O) groups excluding carboxylic acids is 3. The first-order chi connectivity index (χ1) is 35.4. The van der Waals surface area contributed by atoms with Gasteiger partial charge in [0.05, 0.1) is 33.4 Å². The van der Waals surface area contributed by atoms with Gasteiger partial charge in [-0.05, 0) is 148 Å². The van der Waals surface area contributed by atoms with Crippen LogP contribution in [0.5, 0.6) is 5.75 Å². The van der Waals surface area contributed by atoms with Crippen LogP contribution in [0, 0.1) is 12.8 Å². The highest BCUT2D eigenvalue weighted by molar-refractivity contribution is 7.22. The third kappa shape index (κ3) is 9.89. The third-order valence-corrected chi connectivity index (χ3v) is 16.8. The summed E-state index contributed by atoms with van der Waals surface area (Å²) in [6.45, 7) is 9.31. The Morgan fingerprint density at radius 1 is 0.863 bits per heavy atom. The van der Waals surface area contributed by atoms with Gasteiger partial charge in [0.15, 0.2) is 10.8 Å². The zero-order chi connectivity index (χ0) is 50.3. The summed E-state index contributed by atoms with van der Waals surface area (Å²) >= 11 is 1.44. The van der Waals surface area contributed by atoms with Gasteiger partial charge in [-0.3, -0.25) is 34.6 Å². The number of imide groups is 1. The van der Waals surface area contributed by atoms with E-state index in [1.165, 1.54) is 17.8 Å². The highest BCUT2D eigenvalue weighted by Gasteiger charge is 2.33. The van der Waals surface area contributed by atoms with Crippen molar-refractivity contribution in [3.63, 3.8) is 0 Å². The predicted molar refractivity (Wildman–Crippen MR) is 285 cm³/mol. The van der Waals surface area contributed by atoms with Crippen LogP contribution in [-0.2, 0) is 29.6 Å². The highest BCUT2D eigenvalue weighted by Crippen LogP contribution is 2.38. The fraction of sp³-hybridized carbons (Fsp3) is 0.386. The molecule has 376 valence electrons. The first kappa shape index (κ1) is 48.1. The molecular weight excluding hydrogens is 939 g/mol. The lowest BCUT2D eigenvalue weighted by Crippen LogP contribution is -2.49. The summed E-state index contributed by atoms with van der Waals surface area (Å²) in [5, 5.41) is 22.3. The molecule has 15 nitrogen and oxygen atoms in total. The van der Waals surface area contributed by atoms with Crippen LogP contribution in [0.3, 0.4) is 0 Å². The number of para-hydroxylation sites is 1. The summed E-state index contributed by atoms with van der Waals surface area (Å²) in [6, 6.07) is 30.1. The van der Waals surface area contributed by atoms with Crippen molar-refractivity contribution < 1.29 is 29.0 Å². The van der Waals surface area contributed by atoms with Crippen molar-refractivity contribution in [2.75, 3.05) is 47.8 Å². The lowest BCUT2D eigenvalue weighted by atomic mass is 9.83. The van der Waals surface area contributed by atoms with Crippen LogP contribution in [0.15, 0.2) is 91.0 Å². The number of amides is 3. The summed E-state index contributed by atoms with van der Waals surface area (Å²) in [5.74, 6) is -0.236. The normalized spacial score (nSPS) is 20.0. The molecule has 3 amide bonds. The van der Waals surface area contributed by atoms with E-state index in [0.717, 1.165) is 119 Å². The molecule has 7 aromatic rings. The molecule has 0 spiro atoms. The first-order valence-corrected chi connectivity index (χ1v) is 26.6. The van der Waals surface area contributed by atoms with Gasteiger partial charge in [0.2, 0.25) is 11.8 Å². The number of carboxylic acids is 1. The number of carboxylic acid groups (broad SMARTS) is 1. The molecule has 73 heavy (non-hydrogen) atoms. The summed E-state index contributed by atoms with van der Waals surface area (Å²) in [5.41, 5.74) is 8.49. The van der Waals surface area contributed by atoms with E-state index in [1.54, 1.807) is 0 Å². The van der Waals surface area contributed by atoms with Gasteiger partial charge in [-0.1, -0.05) is 47.7 Å². The van der Waals surface area contributed by atoms with E-state index in [4.69, 9.17) is 14.8 Å². The van der Waals surface area contributed by atoms with Gasteiger partial charge in [-0.2, -0.15) is 5.10 Å². The molecule has 11 rings (SSSR count). The second-order valence-corrected chi connectivity index (χ2v) is 21.3. The van der Waals surface area contributed by atoms with E-state index in [1.807, 2.05) is 96.3 Å². The van der Waals surface area contributed by atoms with Gasteiger partial charge < -0.3 is 19.6 Å². The Labute approximate surface area is 428 Å². The number of hydrogen-bond acceptors (Lipinski definition) is 12. The number of hydrogen-bond donors (Lipinski definition) is 3. The molecule has 3 aromatic heterocycles. The topological polar surface area (TPSA) is 175 Å². The minimum absolute atomic E-state index is 0.0203. The molecule has 2 atom stereocenters. The predicted octanol–water partition coefficient (Wildman–Crippen LogP) is 9.52. The van der Waals surface area contributed by atoms with Crippen molar-refractivity contribution >= 4 is 72.8 Å². The molecule has 4 aromatic carbocycles. The average molecular weight is 1000 g/mol. The molecule has 6 heterocycles. The second-order valence-electron chi connectivity index (χ2n) is 20.3. The monoisotopic (exact) mass is 999 g/mol. The zero-order valence-corrected chi connectivity index (χ0v) is 42.4. The van der Waals surface area contributed by atoms with Crippen molar-refractivity contribution in [3.8, 4) is 16.9 Å². The number of carbonyl (C=O) groups is 4. The van der Waals surface area contributed by atoms with Crippen LogP contribution in [0.25, 0.3) is 32.2 Å². The number of anilines is 3. The van der Waals surface area contributed by atoms with E-state index in [0.29, 0.717) is 66.4 Å². The maximum atomic E-state index is 13.7. The van der Waals surface area contributed by atoms with Crippen molar-refractivity contribution in [1.82, 2.24) is 30.0 Å². The van der Waals surface area contributed by atoms with Crippen molar-refractivity contribution in [2.24, 2.45) is 13.0 Å². The number of piperidine rings is 1. The number of thiazole rings is 1. The van der Waals surface area contributed by atoms with Crippen LogP contribution in [0.4, 0.5) is 16.6 Å². The Bertz CT molecular complexity index is 3230. The maximum Gasteiger partial charge on any atom is 0.355 e. The molecule has 3 aliphatic heterocycles. The van der Waals surface area contributed by atoms with Crippen molar-refractivity contribution in [3.05, 3.63) is 125 Å². The molecule has 1 aliphatic carbocycles. The standard InChI is InChI=1S/C57H61N9O6S/c1-34(64-28-30-65(31-29-64)38-18-21-43-47(32-38)63(3)62-52(43)44-23-25-51(67)60-55(44)69)14-15-36-16-19-39(20-17-36)72-48-12-7-9-40(35(48)2)41-22-24-50(59-53(41)56(70)71)66-27-26-37-8-6-10-42(45(37)33-66)54(68)61-57-58-46-11-4-5-13-49(46)73-57/h4-13,18,21-22,24,32,34,36,39,44H,14-17,19-20,23,25-31,33H2,1-3H3,(H,70,71)(H,58,61,68)(H,60,67,69)/t34-,36?,39?,44?/m1/s1. The Hall–Kier alpha value is -7.17. The number of piperazine rings is 1. The number of aromatic nitrogens is 4. The van der Waals surface area contributed by atoms with Gasteiger partial charge in [-0.15, -0.1) is 0 Å². The van der Waals surface area contributed by atoms with Crippen LogP contribution < -0.4 is 25.2 Å². The first-order valence-electron chi connectivity index (χ1n) is 25.8. The van der Waals surface area contributed by atoms with Gasteiger partial charge >= 0.3 is 5.97 Å². The Kier molecular flexibility index (Phi) is 13.4. The molecular formula is C57H61N9O6S. The van der Waals surface area contributed by atoms with E-state index < -0.39 is 11.9 Å². The number of nitrogens with one attached hydrogen (secondary N) is 2. The molecule has 16 heteroatoms. The van der Waals surface area contributed by atoms with E-state index in [2.05, 4.69) is 50.5 Å². The van der Waals surface area contributed by atoms with E-state index >= 15 is 0 Å². The number of aromatic carboxylic acids is 1. The summed E-state index contributed by atoms with van der Waals surface area (Å²) in [7, 11) is 1.92. The van der Waals surface area contributed by atoms with E-state index in [-0.39, 0.29) is 29.5 Å². The minimum atomic E-state index is -1.10. The number of nitrogens with zero attached hydrogens (tertiary/aromatic N) is 7. The molecule has 3 fully saturated rings. The number of ether oxygens (including phenoxy) is 1. The molecule has 2 saturated heterocycles. The van der Waals surface area contributed by atoms with Crippen LogP contribution in [-0.4, -0.2) is 98.3 Å². The Morgan fingerprint density at radius 3 is 2.47 bits per heavy atom. The minimum Gasteiger partial charge on any atom is -0.490 e. The maximum absolute atomic E-state index is 13.7. The number of rotatable bonds is 13. The molecule has 0 radical (unpaired) electrons. The lowest BCUT2D eigenvalue weighted by molar-refractivity contribution is -0.134. The fourth-order valence-corrected chi connectivity index (χ4v) is 12.5. The van der Waals surface area contributed by atoms with Crippen LogP contribution in [0.1, 0.15) is 107 Å². The largest absolute Gasteiger partial charge is 0.490 e. The van der Waals surface area contributed by atoms with Gasteiger partial charge in [0.1, 0.15) is 11.6 Å². The Morgan fingerprint density at radius 2 is 1.67 bits per heavy atom. The number of benzene rings is 4. The quantitative estimate of drug-likeness (QED) is 0.0935. The molecule has 1 unspecified atom stereocenters. The zero-order valence-electron chi connectivity index (χ0n) is 41.6. The van der Waals surface area contributed by atoms with Crippen molar-refractivity contribution in [2.45, 2.75) is 96.2 Å². The number of pyridine rings is 1. The van der Waals surface area contributed by atoms with Gasteiger partial charge in [-0.25, -0.2) is 14.8 Å². The molecule has 3 N–H and O–H groups in total. The van der Waals surface area contributed by atoms with Gasteiger partial charge in [0.25, 0.3) is 5.91 Å². The Balaban J connectivity index is 0.672. The highest BCUT2D eigenvalue weighted by atomic mass is 32.1. The average Bonchev–Trinajstić information content (AvgIpc) is 3.97. The van der Waals surface area contributed by atoms with Gasteiger partial charge in [0, 0.05) is 81.0 Å². The fourth-order valence-electron chi connectivity index (χ4n) is 11.6.